The Bertz CT molecular complexity index is 794. The molecular weight excluding hydrogens is 360 g/mol. The van der Waals surface area contributed by atoms with E-state index in [1.54, 1.807) is 13.1 Å². The van der Waals surface area contributed by atoms with E-state index in [0.717, 1.165) is 44.8 Å². The van der Waals surface area contributed by atoms with E-state index >= 15 is 0 Å². The van der Waals surface area contributed by atoms with Crippen LogP contribution in [0.15, 0.2) is 12.1 Å². The van der Waals surface area contributed by atoms with Crippen molar-refractivity contribution in [2.24, 2.45) is 17.8 Å². The molecule has 5 rings (SSSR count). The third kappa shape index (κ3) is 2.97. The van der Waals surface area contributed by atoms with Crippen molar-refractivity contribution < 1.29 is 23.8 Å². The molecule has 0 aromatic heterocycles. The second kappa shape index (κ2) is 7.04. The average molecular weight is 386 g/mol. The molecule has 28 heavy (non-hydrogen) atoms. The van der Waals surface area contributed by atoms with Crippen molar-refractivity contribution in [2.75, 3.05) is 40.1 Å². The number of rotatable bonds is 4. The maximum absolute atomic E-state index is 12.9. The molecule has 3 fully saturated rings. The monoisotopic (exact) mass is 386 g/mol. The largest absolute Gasteiger partial charge is 0.492 e. The topological polar surface area (TPSA) is 85.9 Å². The normalized spacial score (nSPS) is 30.9. The van der Waals surface area contributed by atoms with Gasteiger partial charge in [0.05, 0.1) is 25.4 Å². The van der Waals surface area contributed by atoms with Gasteiger partial charge in [0, 0.05) is 55.2 Å². The van der Waals surface area contributed by atoms with Crippen LogP contribution in [0.1, 0.15) is 45.0 Å². The van der Waals surface area contributed by atoms with Gasteiger partial charge in [-0.25, -0.2) is 0 Å². The van der Waals surface area contributed by atoms with E-state index in [4.69, 9.17) is 14.2 Å². The third-order valence-corrected chi connectivity index (χ3v) is 6.74. The van der Waals surface area contributed by atoms with Crippen molar-refractivity contribution in [1.29, 1.82) is 0 Å². The molecule has 1 aliphatic carbocycles. The first-order valence-electron chi connectivity index (χ1n) is 10.2. The molecule has 0 radical (unpaired) electrons. The van der Waals surface area contributed by atoms with Gasteiger partial charge in [0.25, 0.3) is 11.8 Å². The number of amides is 2. The van der Waals surface area contributed by atoms with Crippen LogP contribution in [0.4, 0.5) is 0 Å². The van der Waals surface area contributed by atoms with Crippen molar-refractivity contribution in [3.63, 3.8) is 0 Å². The minimum Gasteiger partial charge on any atom is -0.492 e. The number of hydrogen-bond donors (Lipinski definition) is 2. The number of fused-ring (bicyclic) bond motifs is 2. The minimum atomic E-state index is -0.227. The summed E-state index contributed by atoms with van der Waals surface area (Å²) in [6, 6.07) is 3.79. The molecule has 2 saturated heterocycles. The standard InChI is InChI=1S/C21H26N2O5/c1-22-21(25)14-7-12(20(24)23-18-16-8-27-9-17(16)18)6-13-15(10-28-19(13)14)11-2-4-26-5-3-11/h6-7,11,15-18H,2-5,8-10H2,1H3,(H,22,25)(H,23,24)/t15?,16-,17+,18?. The van der Waals surface area contributed by atoms with Crippen LogP contribution < -0.4 is 15.4 Å². The summed E-state index contributed by atoms with van der Waals surface area (Å²) in [7, 11) is 1.60. The van der Waals surface area contributed by atoms with Gasteiger partial charge in [-0.2, -0.15) is 0 Å². The van der Waals surface area contributed by atoms with Crippen LogP contribution in [0, 0.1) is 17.8 Å². The summed E-state index contributed by atoms with van der Waals surface area (Å²) in [4.78, 5) is 25.4. The zero-order valence-electron chi connectivity index (χ0n) is 16.0. The summed E-state index contributed by atoms with van der Waals surface area (Å²) in [6.45, 7) is 3.52. The van der Waals surface area contributed by atoms with Crippen molar-refractivity contribution in [3.8, 4) is 5.75 Å². The highest BCUT2D eigenvalue weighted by Gasteiger charge is 2.54. The van der Waals surface area contributed by atoms with Gasteiger partial charge in [-0.15, -0.1) is 0 Å². The highest BCUT2D eigenvalue weighted by Crippen LogP contribution is 2.46. The molecule has 1 aromatic rings. The fourth-order valence-corrected chi connectivity index (χ4v) is 4.98. The molecule has 2 amide bonds. The number of benzene rings is 1. The van der Waals surface area contributed by atoms with Crippen LogP contribution in [0.25, 0.3) is 0 Å². The van der Waals surface area contributed by atoms with E-state index in [-0.39, 0.29) is 23.8 Å². The fraction of sp³-hybridized carbons (Fsp3) is 0.619. The summed E-state index contributed by atoms with van der Waals surface area (Å²) in [5.74, 6) is 1.81. The Hall–Kier alpha value is -2.12. The Morgan fingerprint density at radius 3 is 2.46 bits per heavy atom. The van der Waals surface area contributed by atoms with Crippen LogP contribution in [0.5, 0.6) is 5.75 Å². The number of hydrogen-bond acceptors (Lipinski definition) is 5. The van der Waals surface area contributed by atoms with E-state index in [0.29, 0.717) is 41.2 Å². The first kappa shape index (κ1) is 17.9. The lowest BCUT2D eigenvalue weighted by Gasteiger charge is -2.27. The first-order chi connectivity index (χ1) is 13.7. The summed E-state index contributed by atoms with van der Waals surface area (Å²) >= 11 is 0. The maximum Gasteiger partial charge on any atom is 0.254 e. The van der Waals surface area contributed by atoms with Gasteiger partial charge in [-0.05, 0) is 30.9 Å². The molecule has 150 valence electrons. The SMILES string of the molecule is CNC(=O)c1cc(C(=O)NC2[C@H]3COC[C@@H]23)cc2c1OCC2C1CCOCC1. The zero-order valence-corrected chi connectivity index (χ0v) is 16.0. The molecule has 2 unspecified atom stereocenters. The summed E-state index contributed by atoms with van der Waals surface area (Å²) in [6.07, 6.45) is 1.95. The maximum atomic E-state index is 12.9. The molecule has 3 aliphatic heterocycles. The number of carbonyl (C=O) groups is 2. The van der Waals surface area contributed by atoms with E-state index in [9.17, 15) is 9.59 Å². The number of carbonyl (C=O) groups excluding carboxylic acids is 2. The average Bonchev–Trinajstić information content (AvgIpc) is 3.10. The fourth-order valence-electron chi connectivity index (χ4n) is 4.98. The molecule has 4 aliphatic rings. The molecule has 3 heterocycles. The molecule has 7 heteroatoms. The molecule has 1 saturated carbocycles. The van der Waals surface area contributed by atoms with Gasteiger partial charge in [0.2, 0.25) is 0 Å². The van der Waals surface area contributed by atoms with Crippen LogP contribution >= 0.6 is 0 Å². The molecule has 1 aromatic carbocycles. The second-order valence-electron chi connectivity index (χ2n) is 8.25. The lowest BCUT2D eigenvalue weighted by Crippen LogP contribution is -2.30. The molecular formula is C21H26N2O5. The van der Waals surface area contributed by atoms with Gasteiger partial charge in [-0.1, -0.05) is 0 Å². The van der Waals surface area contributed by atoms with Crippen LogP contribution in [-0.4, -0.2) is 57.9 Å². The minimum absolute atomic E-state index is 0.120. The first-order valence-corrected chi connectivity index (χ1v) is 10.2. The number of ether oxygens (including phenoxy) is 3. The molecule has 0 spiro atoms. The van der Waals surface area contributed by atoms with Crippen molar-refractivity contribution in [3.05, 3.63) is 28.8 Å². The smallest absolute Gasteiger partial charge is 0.254 e. The lowest BCUT2D eigenvalue weighted by atomic mass is 9.81. The van der Waals surface area contributed by atoms with E-state index in [1.807, 2.05) is 6.07 Å². The molecule has 4 atom stereocenters. The van der Waals surface area contributed by atoms with E-state index in [2.05, 4.69) is 10.6 Å². The van der Waals surface area contributed by atoms with Gasteiger partial charge < -0.3 is 24.8 Å². The molecule has 7 nitrogen and oxygen atoms in total. The Labute approximate surface area is 164 Å². The highest BCUT2D eigenvalue weighted by molar-refractivity contribution is 6.02. The Morgan fingerprint density at radius 1 is 1.00 bits per heavy atom. The van der Waals surface area contributed by atoms with Crippen LogP contribution in [0.2, 0.25) is 0 Å². The zero-order chi connectivity index (χ0) is 19.3. The van der Waals surface area contributed by atoms with E-state index in [1.165, 1.54) is 0 Å². The van der Waals surface area contributed by atoms with Crippen LogP contribution in [-0.2, 0) is 9.47 Å². The van der Waals surface area contributed by atoms with Gasteiger partial charge in [0.15, 0.2) is 0 Å². The summed E-state index contributed by atoms with van der Waals surface area (Å²) in [5.41, 5.74) is 1.96. The quantitative estimate of drug-likeness (QED) is 0.815. The van der Waals surface area contributed by atoms with Gasteiger partial charge in [-0.3, -0.25) is 9.59 Å². The van der Waals surface area contributed by atoms with Crippen molar-refractivity contribution in [1.82, 2.24) is 10.6 Å². The van der Waals surface area contributed by atoms with Crippen LogP contribution in [0.3, 0.4) is 0 Å². The Morgan fingerprint density at radius 2 is 1.75 bits per heavy atom. The second-order valence-corrected chi connectivity index (χ2v) is 8.25. The van der Waals surface area contributed by atoms with Crippen molar-refractivity contribution >= 4 is 11.8 Å². The summed E-state index contributed by atoms with van der Waals surface area (Å²) < 4.78 is 16.9. The van der Waals surface area contributed by atoms with E-state index < -0.39 is 0 Å². The predicted molar refractivity (Wildman–Crippen MR) is 101 cm³/mol. The Kier molecular flexibility index (Phi) is 4.51. The molecule has 2 N–H and O–H groups in total. The van der Waals surface area contributed by atoms with Gasteiger partial charge in [0.1, 0.15) is 5.75 Å². The van der Waals surface area contributed by atoms with Crippen molar-refractivity contribution in [2.45, 2.75) is 24.8 Å². The highest BCUT2D eigenvalue weighted by atomic mass is 16.5. The predicted octanol–water partition coefficient (Wildman–Crippen LogP) is 1.32. The molecule has 0 bridgehead atoms. The number of nitrogens with one attached hydrogen (secondary N) is 2. The Balaban J connectivity index is 1.44. The van der Waals surface area contributed by atoms with Gasteiger partial charge >= 0.3 is 0 Å². The summed E-state index contributed by atoms with van der Waals surface area (Å²) in [5, 5.41) is 5.80. The lowest BCUT2D eigenvalue weighted by molar-refractivity contribution is 0.0551. The third-order valence-electron chi connectivity index (χ3n) is 6.74.